The fourth-order valence-corrected chi connectivity index (χ4v) is 3.98. The molecule has 1 amide bonds. The molecule has 0 aromatic heterocycles. The quantitative estimate of drug-likeness (QED) is 0.755. The molecule has 1 aliphatic heterocycles. The number of sulfonamides is 1. The first kappa shape index (κ1) is 18.9. The molecule has 0 aliphatic carbocycles. The van der Waals surface area contributed by atoms with Gasteiger partial charge in [0.15, 0.2) is 0 Å². The van der Waals surface area contributed by atoms with Gasteiger partial charge < -0.3 is 4.90 Å². The van der Waals surface area contributed by atoms with Gasteiger partial charge in [0.05, 0.1) is 6.26 Å². The third-order valence-electron chi connectivity index (χ3n) is 4.55. The molecule has 6 heteroatoms. The van der Waals surface area contributed by atoms with Gasteiger partial charge >= 0.3 is 0 Å². The second kappa shape index (κ2) is 8.62. The second-order valence-corrected chi connectivity index (χ2v) is 8.72. The highest BCUT2D eigenvalue weighted by Gasteiger charge is 2.23. The van der Waals surface area contributed by atoms with Crippen LogP contribution in [0, 0.1) is 5.92 Å². The molecule has 1 atom stereocenters. The summed E-state index contributed by atoms with van der Waals surface area (Å²) < 4.78 is 25.4. The number of carbonyl (C=O) groups is 1. The summed E-state index contributed by atoms with van der Waals surface area (Å²) in [4.78, 5) is 14.2. The van der Waals surface area contributed by atoms with E-state index in [9.17, 15) is 13.2 Å². The Morgan fingerprint density at radius 2 is 1.96 bits per heavy atom. The van der Waals surface area contributed by atoms with Crippen molar-refractivity contribution in [1.82, 2.24) is 9.21 Å². The summed E-state index contributed by atoms with van der Waals surface area (Å²) in [6.07, 6.45) is 4.33. The lowest BCUT2D eigenvalue weighted by molar-refractivity contribution is -0.133. The maximum absolute atomic E-state index is 12.4. The molecule has 5 nitrogen and oxygen atoms in total. The van der Waals surface area contributed by atoms with E-state index in [2.05, 4.69) is 6.92 Å². The number of amides is 1. The predicted molar refractivity (Wildman–Crippen MR) is 96.2 cm³/mol. The number of piperidine rings is 1. The smallest absolute Gasteiger partial charge is 0.223 e. The summed E-state index contributed by atoms with van der Waals surface area (Å²) in [5, 5.41) is 0. The van der Waals surface area contributed by atoms with Gasteiger partial charge in [0, 0.05) is 32.6 Å². The van der Waals surface area contributed by atoms with Crippen LogP contribution < -0.4 is 0 Å². The Morgan fingerprint density at radius 3 is 2.58 bits per heavy atom. The van der Waals surface area contributed by atoms with Gasteiger partial charge in [-0.1, -0.05) is 37.3 Å². The Kier molecular flexibility index (Phi) is 6.80. The monoisotopic (exact) mass is 352 g/mol. The van der Waals surface area contributed by atoms with Gasteiger partial charge in [-0.15, -0.1) is 0 Å². The first-order valence-electron chi connectivity index (χ1n) is 8.63. The van der Waals surface area contributed by atoms with E-state index in [0.29, 0.717) is 18.9 Å². The summed E-state index contributed by atoms with van der Waals surface area (Å²) in [6.45, 7) is 4.41. The number of carbonyl (C=O) groups excluding carboxylic acids is 1. The fraction of sp³-hybridized carbons (Fsp3) is 0.611. The van der Waals surface area contributed by atoms with Crippen molar-refractivity contribution in [3.05, 3.63) is 35.9 Å². The third-order valence-corrected chi connectivity index (χ3v) is 5.85. The van der Waals surface area contributed by atoms with Crippen LogP contribution in [0.2, 0.25) is 0 Å². The highest BCUT2D eigenvalue weighted by Crippen LogP contribution is 2.16. The van der Waals surface area contributed by atoms with E-state index >= 15 is 0 Å². The average Bonchev–Trinajstić information content (AvgIpc) is 2.54. The summed E-state index contributed by atoms with van der Waals surface area (Å²) in [5.41, 5.74) is 1.10. The molecule has 1 saturated heterocycles. The first-order valence-corrected chi connectivity index (χ1v) is 10.5. The van der Waals surface area contributed by atoms with Crippen molar-refractivity contribution >= 4 is 15.9 Å². The fourth-order valence-electron chi connectivity index (χ4n) is 3.14. The minimum absolute atomic E-state index is 0.0647. The van der Waals surface area contributed by atoms with Gasteiger partial charge in [0.25, 0.3) is 0 Å². The van der Waals surface area contributed by atoms with Gasteiger partial charge in [-0.3, -0.25) is 4.79 Å². The molecule has 1 aromatic rings. The topological polar surface area (TPSA) is 57.7 Å². The van der Waals surface area contributed by atoms with Crippen LogP contribution in [0.4, 0.5) is 0 Å². The first-order chi connectivity index (χ1) is 11.4. The minimum atomic E-state index is -3.31. The number of likely N-dealkylation sites (tertiary alicyclic amines) is 1. The van der Waals surface area contributed by atoms with Crippen molar-refractivity contribution in [3.8, 4) is 0 Å². The van der Waals surface area contributed by atoms with Crippen molar-refractivity contribution in [2.75, 3.05) is 32.4 Å². The lowest BCUT2D eigenvalue weighted by Gasteiger charge is -2.31. The van der Waals surface area contributed by atoms with E-state index in [4.69, 9.17) is 0 Å². The highest BCUT2D eigenvalue weighted by atomic mass is 32.2. The van der Waals surface area contributed by atoms with Gasteiger partial charge in [-0.05, 0) is 30.7 Å². The molecule has 1 unspecified atom stereocenters. The molecule has 1 aromatic carbocycles. The molecule has 2 rings (SSSR count). The zero-order chi connectivity index (χ0) is 17.6. The summed E-state index contributed by atoms with van der Waals surface area (Å²) in [6, 6.07) is 9.81. The van der Waals surface area contributed by atoms with Crippen LogP contribution in [0.1, 0.15) is 31.7 Å². The second-order valence-electron chi connectivity index (χ2n) is 6.73. The van der Waals surface area contributed by atoms with E-state index in [1.807, 2.05) is 35.2 Å². The number of hydrogen-bond donors (Lipinski definition) is 0. The molecule has 24 heavy (non-hydrogen) atoms. The van der Waals surface area contributed by atoms with Crippen LogP contribution in [-0.2, 0) is 21.2 Å². The van der Waals surface area contributed by atoms with Crippen molar-refractivity contribution in [2.24, 2.45) is 5.92 Å². The van der Waals surface area contributed by atoms with Crippen LogP contribution in [0.5, 0.6) is 0 Å². The molecule has 1 heterocycles. The van der Waals surface area contributed by atoms with E-state index in [0.717, 1.165) is 31.5 Å². The Labute approximate surface area is 145 Å². The molecule has 134 valence electrons. The standard InChI is InChI=1S/C18H28N2O3S/c1-16-7-6-12-19(15-16)18(21)11-14-20(24(2,22)23)13-10-17-8-4-3-5-9-17/h3-5,8-9,16H,6-7,10-15H2,1-2H3. The number of nitrogens with zero attached hydrogens (tertiary/aromatic N) is 2. The van der Waals surface area contributed by atoms with Crippen LogP contribution in [-0.4, -0.2) is 56.0 Å². The van der Waals surface area contributed by atoms with Gasteiger partial charge in [0.1, 0.15) is 0 Å². The van der Waals surface area contributed by atoms with Crippen LogP contribution in [0.15, 0.2) is 30.3 Å². The lowest BCUT2D eigenvalue weighted by atomic mass is 10.00. The van der Waals surface area contributed by atoms with Gasteiger partial charge in [-0.2, -0.15) is 0 Å². The molecule has 1 fully saturated rings. The Balaban J connectivity index is 1.88. The number of benzene rings is 1. The zero-order valence-electron chi connectivity index (χ0n) is 14.6. The largest absolute Gasteiger partial charge is 0.342 e. The van der Waals surface area contributed by atoms with Crippen LogP contribution in [0.25, 0.3) is 0 Å². The van der Waals surface area contributed by atoms with E-state index in [1.54, 1.807) is 0 Å². The molecular formula is C18H28N2O3S. The maximum Gasteiger partial charge on any atom is 0.223 e. The molecular weight excluding hydrogens is 324 g/mol. The summed E-state index contributed by atoms with van der Waals surface area (Å²) >= 11 is 0. The van der Waals surface area contributed by atoms with Crippen LogP contribution in [0.3, 0.4) is 0 Å². The highest BCUT2D eigenvalue weighted by molar-refractivity contribution is 7.88. The van der Waals surface area contributed by atoms with Gasteiger partial charge in [0.2, 0.25) is 15.9 Å². The SMILES string of the molecule is CC1CCCN(C(=O)CCN(CCc2ccccc2)S(C)(=O)=O)C1. The van der Waals surface area contributed by atoms with Crippen molar-refractivity contribution < 1.29 is 13.2 Å². The normalized spacial score (nSPS) is 18.8. The van der Waals surface area contributed by atoms with Crippen molar-refractivity contribution in [3.63, 3.8) is 0 Å². The summed E-state index contributed by atoms with van der Waals surface area (Å²) in [7, 11) is -3.31. The number of hydrogen-bond acceptors (Lipinski definition) is 3. The molecule has 0 saturated carbocycles. The van der Waals surface area contributed by atoms with Gasteiger partial charge in [-0.25, -0.2) is 12.7 Å². The molecule has 1 aliphatic rings. The van der Waals surface area contributed by atoms with Crippen LogP contribution >= 0.6 is 0 Å². The van der Waals surface area contributed by atoms with Crippen molar-refractivity contribution in [1.29, 1.82) is 0 Å². The Bertz CT molecular complexity index is 631. The predicted octanol–water partition coefficient (Wildman–Crippen LogP) is 2.14. The Hall–Kier alpha value is -1.40. The summed E-state index contributed by atoms with van der Waals surface area (Å²) in [5.74, 6) is 0.599. The molecule has 0 radical (unpaired) electrons. The molecule has 0 N–H and O–H groups in total. The van der Waals surface area contributed by atoms with Crippen molar-refractivity contribution in [2.45, 2.75) is 32.6 Å². The lowest BCUT2D eigenvalue weighted by Crippen LogP contribution is -2.41. The molecule has 0 spiro atoms. The average molecular weight is 353 g/mol. The van der Waals surface area contributed by atoms with E-state index in [-0.39, 0.29) is 18.9 Å². The van der Waals surface area contributed by atoms with E-state index in [1.165, 1.54) is 10.6 Å². The Morgan fingerprint density at radius 1 is 1.25 bits per heavy atom. The maximum atomic E-state index is 12.4. The minimum Gasteiger partial charge on any atom is -0.342 e. The molecule has 0 bridgehead atoms. The third kappa shape index (κ3) is 5.91. The number of rotatable bonds is 7. The zero-order valence-corrected chi connectivity index (χ0v) is 15.5. The van der Waals surface area contributed by atoms with E-state index < -0.39 is 10.0 Å².